The number of hydrogen-bond acceptors (Lipinski definition) is 1. The maximum atomic E-state index is 13.5. The molecule has 0 spiro atoms. The molecule has 0 aliphatic carbocycles. The van der Waals surface area contributed by atoms with Gasteiger partial charge in [-0.05, 0) is 18.2 Å². The lowest BCUT2D eigenvalue weighted by Crippen LogP contribution is -1.96. The van der Waals surface area contributed by atoms with E-state index in [1.54, 1.807) is 18.2 Å². The fourth-order valence-corrected chi connectivity index (χ4v) is 2.26. The van der Waals surface area contributed by atoms with Crippen LogP contribution in [0.25, 0.3) is 10.9 Å². The summed E-state index contributed by atoms with van der Waals surface area (Å²) in [6, 6.07) is 14.6. The first-order chi connectivity index (χ1) is 9.25. The highest BCUT2D eigenvalue weighted by Gasteiger charge is 2.07. The number of para-hydroxylation sites is 2. The summed E-state index contributed by atoms with van der Waals surface area (Å²) in [5.41, 5.74) is 2.20. The monoisotopic (exact) mass is 255 g/mol. The molecule has 3 heteroatoms. The maximum Gasteiger partial charge on any atom is 0.165 e. The van der Waals surface area contributed by atoms with Crippen LogP contribution in [0.4, 0.5) is 4.39 Å². The van der Waals surface area contributed by atoms with Gasteiger partial charge in [-0.3, -0.25) is 0 Å². The highest BCUT2D eigenvalue weighted by atomic mass is 19.1. The van der Waals surface area contributed by atoms with E-state index in [9.17, 15) is 4.39 Å². The Hall–Kier alpha value is -2.29. The lowest BCUT2D eigenvalue weighted by atomic mass is 10.2. The van der Waals surface area contributed by atoms with E-state index in [-0.39, 0.29) is 11.6 Å². The Morgan fingerprint density at radius 3 is 2.63 bits per heavy atom. The number of ether oxygens (including phenoxy) is 1. The molecule has 0 bridgehead atoms. The maximum absolute atomic E-state index is 13.5. The van der Waals surface area contributed by atoms with Gasteiger partial charge in [-0.1, -0.05) is 30.3 Å². The average Bonchev–Trinajstić information content (AvgIpc) is 2.75. The van der Waals surface area contributed by atoms with Crippen molar-refractivity contribution >= 4 is 10.9 Å². The molecule has 1 aromatic heterocycles. The van der Waals surface area contributed by atoms with E-state index in [4.69, 9.17) is 4.74 Å². The van der Waals surface area contributed by atoms with Gasteiger partial charge in [-0.2, -0.15) is 0 Å². The topological polar surface area (TPSA) is 14.2 Å². The van der Waals surface area contributed by atoms with Crippen LogP contribution < -0.4 is 4.74 Å². The minimum Gasteiger partial charge on any atom is -0.486 e. The van der Waals surface area contributed by atoms with Crippen molar-refractivity contribution in [3.63, 3.8) is 0 Å². The minimum atomic E-state index is -0.331. The van der Waals surface area contributed by atoms with Crippen molar-refractivity contribution in [3.05, 3.63) is 66.1 Å². The molecule has 19 heavy (non-hydrogen) atoms. The van der Waals surface area contributed by atoms with Gasteiger partial charge in [0.25, 0.3) is 0 Å². The molecule has 96 valence electrons. The van der Waals surface area contributed by atoms with Gasteiger partial charge in [0.05, 0.1) is 0 Å². The molecule has 2 aromatic carbocycles. The van der Waals surface area contributed by atoms with Gasteiger partial charge >= 0.3 is 0 Å². The summed E-state index contributed by atoms with van der Waals surface area (Å²) in [5.74, 6) is -0.0434. The third-order valence-electron chi connectivity index (χ3n) is 3.20. The van der Waals surface area contributed by atoms with Crippen LogP contribution in [0.1, 0.15) is 5.56 Å². The number of fused-ring (bicyclic) bond motifs is 1. The van der Waals surface area contributed by atoms with E-state index in [0.29, 0.717) is 6.61 Å². The molecule has 3 rings (SSSR count). The number of rotatable bonds is 3. The lowest BCUT2D eigenvalue weighted by molar-refractivity contribution is 0.291. The Balaban J connectivity index is 1.88. The molecule has 3 aromatic rings. The van der Waals surface area contributed by atoms with Crippen LogP contribution in [0.15, 0.2) is 54.7 Å². The molecule has 0 radical (unpaired) electrons. The molecule has 0 unspecified atom stereocenters. The summed E-state index contributed by atoms with van der Waals surface area (Å²) >= 11 is 0. The van der Waals surface area contributed by atoms with Gasteiger partial charge in [0.1, 0.15) is 6.61 Å². The molecule has 0 aliphatic rings. The van der Waals surface area contributed by atoms with Gasteiger partial charge in [-0.15, -0.1) is 0 Å². The first-order valence-corrected chi connectivity index (χ1v) is 6.16. The van der Waals surface area contributed by atoms with Crippen molar-refractivity contribution < 1.29 is 9.13 Å². The van der Waals surface area contributed by atoms with Crippen LogP contribution >= 0.6 is 0 Å². The Labute approximate surface area is 111 Å². The molecule has 0 N–H and O–H groups in total. The van der Waals surface area contributed by atoms with E-state index >= 15 is 0 Å². The third-order valence-corrected chi connectivity index (χ3v) is 3.20. The van der Waals surface area contributed by atoms with E-state index in [2.05, 4.69) is 16.7 Å². The zero-order chi connectivity index (χ0) is 13.2. The van der Waals surface area contributed by atoms with Gasteiger partial charge in [-0.25, -0.2) is 4.39 Å². The Morgan fingerprint density at radius 1 is 1.05 bits per heavy atom. The number of aryl methyl sites for hydroxylation is 1. The molecule has 0 fully saturated rings. The number of aromatic nitrogens is 1. The first kappa shape index (κ1) is 11.8. The van der Waals surface area contributed by atoms with Crippen molar-refractivity contribution in [1.29, 1.82) is 0 Å². The van der Waals surface area contributed by atoms with Crippen LogP contribution in [0.3, 0.4) is 0 Å². The zero-order valence-electron chi connectivity index (χ0n) is 10.6. The zero-order valence-corrected chi connectivity index (χ0v) is 10.6. The van der Waals surface area contributed by atoms with E-state index in [0.717, 1.165) is 16.5 Å². The summed E-state index contributed by atoms with van der Waals surface area (Å²) in [6.45, 7) is 0.363. The second-order valence-corrected chi connectivity index (χ2v) is 4.50. The minimum absolute atomic E-state index is 0.287. The van der Waals surface area contributed by atoms with Crippen LogP contribution in [-0.2, 0) is 13.7 Å². The Morgan fingerprint density at radius 2 is 1.79 bits per heavy atom. The van der Waals surface area contributed by atoms with Gasteiger partial charge in [0.15, 0.2) is 11.6 Å². The Bertz CT molecular complexity index is 718. The summed E-state index contributed by atoms with van der Waals surface area (Å²) in [4.78, 5) is 0. The number of halogens is 1. The van der Waals surface area contributed by atoms with E-state index in [1.165, 1.54) is 6.07 Å². The standard InChI is InChI=1S/C16H14FNO/c1-18-10-12(13-6-2-4-8-15(13)18)11-19-16-9-5-3-7-14(16)17/h2-10H,11H2,1H3. The van der Waals surface area contributed by atoms with Crippen LogP contribution in [-0.4, -0.2) is 4.57 Å². The molecule has 2 nitrogen and oxygen atoms in total. The summed E-state index contributed by atoms with van der Waals surface area (Å²) < 4.78 is 21.1. The van der Waals surface area contributed by atoms with Crippen molar-refractivity contribution in [3.8, 4) is 5.75 Å². The number of hydrogen-bond donors (Lipinski definition) is 0. The molecular weight excluding hydrogens is 241 g/mol. The van der Waals surface area contributed by atoms with Crippen LogP contribution in [0, 0.1) is 5.82 Å². The predicted molar refractivity (Wildman–Crippen MR) is 73.7 cm³/mol. The Kier molecular flexibility index (Phi) is 2.95. The predicted octanol–water partition coefficient (Wildman–Crippen LogP) is 3.90. The second kappa shape index (κ2) is 4.76. The average molecular weight is 255 g/mol. The SMILES string of the molecule is Cn1cc(COc2ccccc2F)c2ccccc21. The van der Waals surface area contributed by atoms with Crippen LogP contribution in [0.5, 0.6) is 5.75 Å². The smallest absolute Gasteiger partial charge is 0.165 e. The highest BCUT2D eigenvalue weighted by Crippen LogP contribution is 2.23. The van der Waals surface area contributed by atoms with Crippen molar-refractivity contribution in [1.82, 2.24) is 4.57 Å². The molecule has 0 saturated carbocycles. The van der Waals surface area contributed by atoms with Crippen molar-refractivity contribution in [2.75, 3.05) is 0 Å². The molecular formula is C16H14FNO. The van der Waals surface area contributed by atoms with Gasteiger partial charge < -0.3 is 9.30 Å². The van der Waals surface area contributed by atoms with E-state index in [1.807, 2.05) is 25.4 Å². The molecule has 0 amide bonds. The molecule has 0 saturated heterocycles. The second-order valence-electron chi connectivity index (χ2n) is 4.50. The summed E-state index contributed by atoms with van der Waals surface area (Å²) in [5, 5.41) is 1.14. The quantitative estimate of drug-likeness (QED) is 0.692. The fraction of sp³-hybridized carbons (Fsp3) is 0.125. The fourth-order valence-electron chi connectivity index (χ4n) is 2.26. The van der Waals surface area contributed by atoms with Crippen LogP contribution in [0.2, 0.25) is 0 Å². The van der Waals surface area contributed by atoms with Gasteiger partial charge in [0.2, 0.25) is 0 Å². The normalized spacial score (nSPS) is 10.8. The van der Waals surface area contributed by atoms with Crippen molar-refractivity contribution in [2.24, 2.45) is 7.05 Å². The third kappa shape index (κ3) is 2.19. The number of nitrogens with zero attached hydrogens (tertiary/aromatic N) is 1. The summed E-state index contributed by atoms with van der Waals surface area (Å²) in [7, 11) is 1.99. The number of benzene rings is 2. The largest absolute Gasteiger partial charge is 0.486 e. The highest BCUT2D eigenvalue weighted by molar-refractivity contribution is 5.83. The lowest BCUT2D eigenvalue weighted by Gasteiger charge is -2.05. The summed E-state index contributed by atoms with van der Waals surface area (Å²) in [6.07, 6.45) is 2.02. The van der Waals surface area contributed by atoms with Crippen molar-refractivity contribution in [2.45, 2.75) is 6.61 Å². The van der Waals surface area contributed by atoms with E-state index < -0.39 is 0 Å². The molecule has 0 aliphatic heterocycles. The van der Waals surface area contributed by atoms with Gasteiger partial charge in [0, 0.05) is 29.7 Å². The molecule has 0 atom stereocenters. The molecule has 1 heterocycles. The first-order valence-electron chi connectivity index (χ1n) is 6.16.